The Morgan fingerprint density at radius 3 is 2.50 bits per heavy atom. The topological polar surface area (TPSA) is 59.4 Å². The molecule has 2 aromatic carbocycles. The van der Waals surface area contributed by atoms with Crippen LogP contribution in [0.1, 0.15) is 41.5 Å². The van der Waals surface area contributed by atoms with Gasteiger partial charge >= 0.3 is 6.03 Å². The lowest BCUT2D eigenvalue weighted by Gasteiger charge is -2.26. The van der Waals surface area contributed by atoms with Crippen molar-refractivity contribution < 1.29 is 4.79 Å². The van der Waals surface area contributed by atoms with E-state index in [1.54, 1.807) is 18.0 Å². The van der Waals surface area contributed by atoms with Gasteiger partial charge in [-0.25, -0.2) is 4.79 Å². The van der Waals surface area contributed by atoms with Gasteiger partial charge in [0.05, 0.1) is 11.6 Å². The van der Waals surface area contributed by atoms with Gasteiger partial charge in [0.2, 0.25) is 0 Å². The third-order valence-corrected chi connectivity index (χ3v) is 5.14. The van der Waals surface area contributed by atoms with Gasteiger partial charge < -0.3 is 10.2 Å². The lowest BCUT2D eigenvalue weighted by atomic mass is 10.1. The Hall–Kier alpha value is -2.84. The average molecular weight is 377 g/mol. The number of rotatable bonds is 6. The van der Waals surface area contributed by atoms with E-state index in [4.69, 9.17) is 5.26 Å². The Kier molecular flexibility index (Phi) is 7.05. The molecule has 1 N–H and O–H groups in total. The first-order chi connectivity index (χ1) is 13.6. The zero-order valence-corrected chi connectivity index (χ0v) is 16.5. The Morgan fingerprint density at radius 1 is 1.07 bits per heavy atom. The number of hydrogen-bond acceptors (Lipinski definition) is 3. The Labute approximate surface area is 167 Å². The largest absolute Gasteiger partial charge is 0.334 e. The Bertz CT molecular complexity index is 819. The molecule has 5 nitrogen and oxygen atoms in total. The van der Waals surface area contributed by atoms with Crippen molar-refractivity contribution in [2.24, 2.45) is 0 Å². The number of likely N-dealkylation sites (tertiary alicyclic amines) is 1. The van der Waals surface area contributed by atoms with Crippen LogP contribution in [0.2, 0.25) is 0 Å². The standard InChI is InChI=1S/C23H28N4O/c1-26(17-22-7-5-6-21(14-22)15-24)23(28)25-16-19-8-10-20(11-9-19)18-27-12-3-2-4-13-27/h5-11,14H,2-4,12-13,16-18H2,1H3,(H,25,28). The van der Waals surface area contributed by atoms with Crippen LogP contribution in [0.4, 0.5) is 4.79 Å². The van der Waals surface area contributed by atoms with Gasteiger partial charge in [-0.3, -0.25) is 4.90 Å². The number of nitrogens with one attached hydrogen (secondary N) is 1. The van der Waals surface area contributed by atoms with Crippen LogP contribution >= 0.6 is 0 Å². The molecule has 5 heteroatoms. The van der Waals surface area contributed by atoms with Crippen LogP contribution in [-0.2, 0) is 19.6 Å². The molecule has 2 amide bonds. The van der Waals surface area contributed by atoms with E-state index < -0.39 is 0 Å². The van der Waals surface area contributed by atoms with Crippen molar-refractivity contribution in [2.45, 2.75) is 38.9 Å². The summed E-state index contributed by atoms with van der Waals surface area (Å²) < 4.78 is 0. The molecule has 0 spiro atoms. The molecule has 0 aliphatic carbocycles. The molecule has 0 bridgehead atoms. The lowest BCUT2D eigenvalue weighted by molar-refractivity contribution is 0.206. The number of urea groups is 1. The van der Waals surface area contributed by atoms with Gasteiger partial charge in [-0.15, -0.1) is 0 Å². The van der Waals surface area contributed by atoms with Crippen molar-refractivity contribution in [3.8, 4) is 6.07 Å². The van der Waals surface area contributed by atoms with Crippen LogP contribution in [0.15, 0.2) is 48.5 Å². The third kappa shape index (κ3) is 5.83. The summed E-state index contributed by atoms with van der Waals surface area (Å²) in [6, 6.07) is 17.8. The van der Waals surface area contributed by atoms with Gasteiger partial charge in [0.15, 0.2) is 0 Å². The number of carbonyl (C=O) groups excluding carboxylic acids is 1. The molecule has 0 aromatic heterocycles. The van der Waals surface area contributed by atoms with Crippen LogP contribution < -0.4 is 5.32 Å². The van der Waals surface area contributed by atoms with Gasteiger partial charge in [0.1, 0.15) is 0 Å². The lowest BCUT2D eigenvalue weighted by Crippen LogP contribution is -2.36. The SMILES string of the molecule is CN(Cc1cccc(C#N)c1)C(=O)NCc1ccc(CN2CCCCC2)cc1. The van der Waals surface area contributed by atoms with Crippen molar-refractivity contribution >= 4 is 6.03 Å². The maximum Gasteiger partial charge on any atom is 0.317 e. The van der Waals surface area contributed by atoms with E-state index in [1.807, 2.05) is 18.2 Å². The summed E-state index contributed by atoms with van der Waals surface area (Å²) in [5.74, 6) is 0. The zero-order chi connectivity index (χ0) is 19.8. The van der Waals surface area contributed by atoms with Crippen LogP contribution in [0.25, 0.3) is 0 Å². The maximum absolute atomic E-state index is 12.3. The minimum absolute atomic E-state index is 0.125. The van der Waals surface area contributed by atoms with Crippen LogP contribution in [0, 0.1) is 11.3 Å². The number of amides is 2. The molecule has 3 rings (SSSR count). The normalized spacial score (nSPS) is 14.3. The first kappa shape index (κ1) is 19.9. The van der Waals surface area contributed by atoms with E-state index in [-0.39, 0.29) is 6.03 Å². The molecule has 1 heterocycles. The molecule has 0 atom stereocenters. The van der Waals surface area contributed by atoms with Gasteiger partial charge in [-0.1, -0.05) is 42.8 Å². The summed E-state index contributed by atoms with van der Waals surface area (Å²) in [4.78, 5) is 16.5. The highest BCUT2D eigenvalue weighted by Crippen LogP contribution is 2.14. The summed E-state index contributed by atoms with van der Waals surface area (Å²) in [6.45, 7) is 4.38. The van der Waals surface area contributed by atoms with Crippen molar-refractivity contribution in [1.29, 1.82) is 5.26 Å². The molecule has 0 saturated carbocycles. The molecule has 2 aromatic rings. The summed E-state index contributed by atoms with van der Waals surface area (Å²) >= 11 is 0. The number of carbonyl (C=O) groups is 1. The summed E-state index contributed by atoms with van der Waals surface area (Å²) in [5.41, 5.74) is 3.97. The molecule has 1 aliphatic heterocycles. The van der Waals surface area contributed by atoms with E-state index in [0.717, 1.165) is 17.7 Å². The van der Waals surface area contributed by atoms with Gasteiger partial charge in [0, 0.05) is 26.7 Å². The number of nitrogens with zero attached hydrogens (tertiary/aromatic N) is 3. The van der Waals surface area contributed by atoms with Gasteiger partial charge in [0.25, 0.3) is 0 Å². The molecule has 1 saturated heterocycles. The first-order valence-electron chi connectivity index (χ1n) is 9.92. The second kappa shape index (κ2) is 9.91. The van der Waals surface area contributed by atoms with Crippen molar-refractivity contribution in [2.75, 3.05) is 20.1 Å². The molecule has 1 fully saturated rings. The molecule has 28 heavy (non-hydrogen) atoms. The number of benzene rings is 2. The summed E-state index contributed by atoms with van der Waals surface area (Å²) in [5, 5.41) is 11.9. The second-order valence-electron chi connectivity index (χ2n) is 7.48. The van der Waals surface area contributed by atoms with E-state index in [2.05, 4.69) is 40.6 Å². The first-order valence-corrected chi connectivity index (χ1v) is 9.92. The number of nitriles is 1. The highest BCUT2D eigenvalue weighted by molar-refractivity contribution is 5.73. The molecular formula is C23H28N4O. The monoisotopic (exact) mass is 376 g/mol. The maximum atomic E-state index is 12.3. The predicted octanol–water partition coefficient (Wildman–Crippen LogP) is 3.89. The second-order valence-corrected chi connectivity index (χ2v) is 7.48. The zero-order valence-electron chi connectivity index (χ0n) is 16.5. The summed E-state index contributed by atoms with van der Waals surface area (Å²) in [7, 11) is 1.76. The van der Waals surface area contributed by atoms with Crippen LogP contribution in [0.5, 0.6) is 0 Å². The highest BCUT2D eigenvalue weighted by atomic mass is 16.2. The Balaban J connectivity index is 1.46. The van der Waals surface area contributed by atoms with Crippen molar-refractivity contribution in [3.05, 3.63) is 70.8 Å². The number of piperidine rings is 1. The smallest absolute Gasteiger partial charge is 0.317 e. The highest BCUT2D eigenvalue weighted by Gasteiger charge is 2.11. The average Bonchev–Trinajstić information content (AvgIpc) is 2.74. The fraction of sp³-hybridized carbons (Fsp3) is 0.391. The van der Waals surface area contributed by atoms with E-state index in [9.17, 15) is 4.79 Å². The Morgan fingerprint density at radius 2 is 1.79 bits per heavy atom. The minimum atomic E-state index is -0.125. The molecule has 0 radical (unpaired) electrons. The minimum Gasteiger partial charge on any atom is -0.334 e. The summed E-state index contributed by atoms with van der Waals surface area (Å²) in [6.07, 6.45) is 3.96. The predicted molar refractivity (Wildman–Crippen MR) is 110 cm³/mol. The fourth-order valence-corrected chi connectivity index (χ4v) is 3.54. The molecule has 146 valence electrons. The van der Waals surface area contributed by atoms with E-state index in [0.29, 0.717) is 18.7 Å². The quantitative estimate of drug-likeness (QED) is 0.832. The van der Waals surface area contributed by atoms with Crippen molar-refractivity contribution in [1.82, 2.24) is 15.1 Å². The van der Waals surface area contributed by atoms with Gasteiger partial charge in [-0.2, -0.15) is 5.26 Å². The fourth-order valence-electron chi connectivity index (χ4n) is 3.54. The van der Waals surface area contributed by atoms with Crippen LogP contribution in [-0.4, -0.2) is 36.0 Å². The molecule has 0 unspecified atom stereocenters. The third-order valence-electron chi connectivity index (χ3n) is 5.14. The van der Waals surface area contributed by atoms with Crippen molar-refractivity contribution in [3.63, 3.8) is 0 Å². The van der Waals surface area contributed by atoms with E-state index >= 15 is 0 Å². The number of hydrogen-bond donors (Lipinski definition) is 1. The van der Waals surface area contributed by atoms with Gasteiger partial charge in [-0.05, 0) is 54.8 Å². The molecule has 1 aliphatic rings. The van der Waals surface area contributed by atoms with Crippen LogP contribution in [0.3, 0.4) is 0 Å². The van der Waals surface area contributed by atoms with E-state index in [1.165, 1.54) is 37.9 Å². The molecular weight excluding hydrogens is 348 g/mol.